The van der Waals surface area contributed by atoms with Crippen LogP contribution in [0.2, 0.25) is 5.02 Å². The van der Waals surface area contributed by atoms with E-state index in [1.54, 1.807) is 19.1 Å². The zero-order valence-electron chi connectivity index (χ0n) is 7.40. The van der Waals surface area contributed by atoms with Crippen molar-refractivity contribution in [1.29, 1.82) is 0 Å². The summed E-state index contributed by atoms with van der Waals surface area (Å²) in [4.78, 5) is 0. The number of hydrogen-bond acceptors (Lipinski definition) is 1. The third kappa shape index (κ3) is 1.51. The van der Waals surface area contributed by atoms with Crippen LogP contribution in [0.25, 0.3) is 0 Å². The molecule has 0 aromatic heterocycles. The third-order valence-electron chi connectivity index (χ3n) is 2.45. The van der Waals surface area contributed by atoms with Gasteiger partial charge in [0.15, 0.2) is 0 Å². The molecule has 2 rings (SSSR count). The first-order valence-electron chi connectivity index (χ1n) is 4.32. The quantitative estimate of drug-likeness (QED) is 0.676. The average molecular weight is 200 g/mol. The van der Waals surface area contributed by atoms with Crippen molar-refractivity contribution in [3.63, 3.8) is 0 Å². The minimum Gasteiger partial charge on any atom is -0.385 e. The maximum atomic E-state index is 13.9. The van der Waals surface area contributed by atoms with Gasteiger partial charge in [-0.2, -0.15) is 0 Å². The van der Waals surface area contributed by atoms with Gasteiger partial charge in [0.05, 0.1) is 0 Å². The van der Waals surface area contributed by atoms with Crippen LogP contribution in [0.5, 0.6) is 0 Å². The van der Waals surface area contributed by atoms with E-state index in [1.807, 2.05) is 6.07 Å². The van der Waals surface area contributed by atoms with E-state index in [9.17, 15) is 4.39 Å². The molecule has 0 aliphatic carbocycles. The third-order valence-corrected chi connectivity index (χ3v) is 2.69. The molecule has 1 aliphatic rings. The fourth-order valence-corrected chi connectivity index (χ4v) is 1.84. The lowest BCUT2D eigenvalue weighted by Crippen LogP contribution is -2.26. The van der Waals surface area contributed by atoms with Crippen molar-refractivity contribution in [2.24, 2.45) is 0 Å². The molecule has 0 saturated heterocycles. The summed E-state index contributed by atoms with van der Waals surface area (Å²) in [7, 11) is 0. The predicted octanol–water partition coefficient (Wildman–Crippen LogP) is 3.34. The van der Waals surface area contributed by atoms with Crippen LogP contribution in [-0.4, -0.2) is 6.54 Å². The SMILES string of the molecule is CC1(F)CCNc2ccc(Cl)cc21. The van der Waals surface area contributed by atoms with Gasteiger partial charge in [0.25, 0.3) is 0 Å². The normalized spacial score (nSPS) is 26.4. The summed E-state index contributed by atoms with van der Waals surface area (Å²) in [6.07, 6.45) is 0.500. The molecule has 70 valence electrons. The molecule has 3 heteroatoms. The largest absolute Gasteiger partial charge is 0.385 e. The van der Waals surface area contributed by atoms with Crippen molar-refractivity contribution in [3.05, 3.63) is 28.8 Å². The van der Waals surface area contributed by atoms with Crippen LogP contribution < -0.4 is 5.32 Å². The Bertz CT molecular complexity index is 336. The van der Waals surface area contributed by atoms with E-state index >= 15 is 0 Å². The lowest BCUT2D eigenvalue weighted by atomic mass is 9.90. The van der Waals surface area contributed by atoms with Gasteiger partial charge in [-0.15, -0.1) is 0 Å². The fourth-order valence-electron chi connectivity index (χ4n) is 1.67. The topological polar surface area (TPSA) is 12.0 Å². The molecule has 0 saturated carbocycles. The fraction of sp³-hybridized carbons (Fsp3) is 0.400. The van der Waals surface area contributed by atoms with Gasteiger partial charge in [0.1, 0.15) is 5.67 Å². The maximum absolute atomic E-state index is 13.9. The molecule has 13 heavy (non-hydrogen) atoms. The Morgan fingerprint density at radius 3 is 3.08 bits per heavy atom. The number of halogens is 2. The van der Waals surface area contributed by atoms with E-state index in [0.717, 1.165) is 5.69 Å². The van der Waals surface area contributed by atoms with Crippen molar-refractivity contribution in [2.75, 3.05) is 11.9 Å². The van der Waals surface area contributed by atoms with Crippen LogP contribution in [0.15, 0.2) is 18.2 Å². The highest BCUT2D eigenvalue weighted by Crippen LogP contribution is 2.39. The second kappa shape index (κ2) is 2.88. The van der Waals surface area contributed by atoms with Crippen LogP contribution in [0, 0.1) is 0 Å². The van der Waals surface area contributed by atoms with Crippen molar-refractivity contribution in [3.8, 4) is 0 Å². The van der Waals surface area contributed by atoms with Gasteiger partial charge < -0.3 is 5.32 Å². The monoisotopic (exact) mass is 199 g/mol. The minimum absolute atomic E-state index is 0.500. The Morgan fingerprint density at radius 2 is 2.31 bits per heavy atom. The number of fused-ring (bicyclic) bond motifs is 1. The van der Waals surface area contributed by atoms with Crippen molar-refractivity contribution < 1.29 is 4.39 Å². The van der Waals surface area contributed by atoms with Crippen LogP contribution in [0.4, 0.5) is 10.1 Å². The van der Waals surface area contributed by atoms with Gasteiger partial charge in [0.2, 0.25) is 0 Å². The molecule has 0 radical (unpaired) electrons. The van der Waals surface area contributed by atoms with Gasteiger partial charge in [-0.1, -0.05) is 11.6 Å². The lowest BCUT2D eigenvalue weighted by Gasteiger charge is -2.29. The summed E-state index contributed by atoms with van der Waals surface area (Å²) in [5.74, 6) is 0. The predicted molar refractivity (Wildman–Crippen MR) is 53.0 cm³/mol. The van der Waals surface area contributed by atoms with E-state index in [2.05, 4.69) is 5.32 Å². The Kier molecular flexibility index (Phi) is 1.95. The number of alkyl halides is 1. The molecule has 1 aromatic rings. The lowest BCUT2D eigenvalue weighted by molar-refractivity contribution is 0.178. The summed E-state index contributed by atoms with van der Waals surface area (Å²) >= 11 is 5.81. The van der Waals surface area contributed by atoms with Crippen molar-refractivity contribution in [1.82, 2.24) is 0 Å². The molecule has 0 bridgehead atoms. The van der Waals surface area contributed by atoms with Gasteiger partial charge in [-0.05, 0) is 25.1 Å². The first-order valence-corrected chi connectivity index (χ1v) is 4.70. The average Bonchev–Trinajstić information content (AvgIpc) is 2.06. The molecule has 1 aliphatic heterocycles. The van der Waals surface area contributed by atoms with Crippen LogP contribution in [0.3, 0.4) is 0 Å². The maximum Gasteiger partial charge on any atom is 0.136 e. The summed E-state index contributed by atoms with van der Waals surface area (Å²) in [6.45, 7) is 2.28. The molecule has 1 N–H and O–H groups in total. The molecule has 1 atom stereocenters. The van der Waals surface area contributed by atoms with E-state index in [0.29, 0.717) is 23.6 Å². The Labute approximate surface area is 81.9 Å². The van der Waals surface area contributed by atoms with Crippen LogP contribution in [0.1, 0.15) is 18.9 Å². The Morgan fingerprint density at radius 1 is 1.54 bits per heavy atom. The van der Waals surface area contributed by atoms with Crippen LogP contribution >= 0.6 is 11.6 Å². The molecule has 0 fully saturated rings. The highest BCUT2D eigenvalue weighted by atomic mass is 35.5. The van der Waals surface area contributed by atoms with Crippen molar-refractivity contribution in [2.45, 2.75) is 19.0 Å². The highest BCUT2D eigenvalue weighted by Gasteiger charge is 2.31. The van der Waals surface area contributed by atoms with Gasteiger partial charge in [-0.25, -0.2) is 4.39 Å². The molecule has 1 aromatic carbocycles. The summed E-state index contributed by atoms with van der Waals surface area (Å²) in [5.41, 5.74) is 0.290. The van der Waals surface area contributed by atoms with Gasteiger partial charge in [0, 0.05) is 29.2 Å². The molecule has 0 spiro atoms. The molecule has 1 heterocycles. The van der Waals surface area contributed by atoms with E-state index in [4.69, 9.17) is 11.6 Å². The summed E-state index contributed by atoms with van der Waals surface area (Å²) in [6, 6.07) is 5.30. The van der Waals surface area contributed by atoms with Gasteiger partial charge in [-0.3, -0.25) is 0 Å². The summed E-state index contributed by atoms with van der Waals surface area (Å²) in [5, 5.41) is 3.74. The smallest absolute Gasteiger partial charge is 0.136 e. The number of rotatable bonds is 0. The van der Waals surface area contributed by atoms with Gasteiger partial charge >= 0.3 is 0 Å². The molecule has 0 amide bonds. The zero-order valence-corrected chi connectivity index (χ0v) is 8.16. The van der Waals surface area contributed by atoms with E-state index in [1.165, 1.54) is 0 Å². The Hall–Kier alpha value is -0.760. The standard InChI is InChI=1S/C10H11ClFN/c1-10(12)4-5-13-9-3-2-7(11)6-8(9)10/h2-3,6,13H,4-5H2,1H3. The first-order chi connectivity index (χ1) is 6.09. The zero-order chi connectivity index (χ0) is 9.47. The Balaban J connectivity index is 2.55. The van der Waals surface area contributed by atoms with E-state index in [-0.39, 0.29) is 0 Å². The molecular formula is C10H11ClFN. The minimum atomic E-state index is -1.24. The summed E-state index contributed by atoms with van der Waals surface area (Å²) < 4.78 is 13.9. The van der Waals surface area contributed by atoms with Crippen LogP contribution in [-0.2, 0) is 5.67 Å². The second-order valence-corrected chi connectivity index (χ2v) is 4.00. The first kappa shape index (κ1) is 8.82. The number of nitrogens with one attached hydrogen (secondary N) is 1. The number of hydrogen-bond donors (Lipinski definition) is 1. The van der Waals surface area contributed by atoms with E-state index < -0.39 is 5.67 Å². The number of benzene rings is 1. The highest BCUT2D eigenvalue weighted by molar-refractivity contribution is 6.30. The molecular weight excluding hydrogens is 189 g/mol. The molecule has 1 unspecified atom stereocenters. The van der Waals surface area contributed by atoms with Crippen molar-refractivity contribution >= 4 is 17.3 Å². The number of anilines is 1. The second-order valence-electron chi connectivity index (χ2n) is 3.56. The molecule has 1 nitrogen and oxygen atoms in total.